The molecular formula is C90H98F4N14O25. The fourth-order valence-electron chi connectivity index (χ4n) is 15.4. The number of H-pyrrole nitrogens is 2. The number of nitrogens with zero attached hydrogens (tertiary/aromatic N) is 4. The number of hydrogen-bond acceptors (Lipinski definition) is 27. The fraction of sp³-hybridized carbons (Fsp3) is 0.400. The van der Waals surface area contributed by atoms with E-state index >= 15 is 0 Å². The second kappa shape index (κ2) is 45.7. The van der Waals surface area contributed by atoms with Crippen molar-refractivity contribution in [3.8, 4) is 0 Å². The predicted octanol–water partition coefficient (Wildman–Crippen LogP) is 3.10. The summed E-state index contributed by atoms with van der Waals surface area (Å²) in [6, 6.07) is 26.2. The number of benzene rings is 6. The Morgan fingerprint density at radius 2 is 0.782 bits per heavy atom. The number of rotatable bonds is 47. The molecule has 2 aromatic heterocycles. The zero-order chi connectivity index (χ0) is 94.3. The predicted molar refractivity (Wildman–Crippen MR) is 462 cm³/mol. The van der Waals surface area contributed by atoms with Crippen molar-refractivity contribution in [2.75, 3.05) is 179 Å². The molecule has 0 radical (unpaired) electrons. The highest BCUT2D eigenvalue weighted by Gasteiger charge is 2.54. The highest BCUT2D eigenvalue weighted by molar-refractivity contribution is 6.26. The van der Waals surface area contributed by atoms with E-state index < -0.39 is 117 Å². The molecule has 8 heterocycles. The minimum Gasteiger partial charge on any atom is -0.383 e. The molecule has 14 rings (SSSR count). The molecule has 14 amide bonds. The average Bonchev–Trinajstić information content (AvgIpc) is 1.60. The van der Waals surface area contributed by atoms with Crippen LogP contribution in [0.1, 0.15) is 112 Å². The van der Waals surface area contributed by atoms with E-state index in [9.17, 15) is 94.9 Å². The van der Waals surface area contributed by atoms with E-state index in [1.54, 1.807) is 72.8 Å². The van der Waals surface area contributed by atoms with Crippen molar-refractivity contribution < 1.29 is 138 Å². The van der Waals surface area contributed by atoms with Gasteiger partial charge in [-0.3, -0.25) is 87.6 Å². The number of aliphatic hydroxyl groups is 2. The van der Waals surface area contributed by atoms with Gasteiger partial charge in [0.15, 0.2) is 0 Å². The molecule has 12 N–H and O–H groups in total. The molecular weight excluding hydrogens is 1750 g/mol. The standard InChI is InChI=1S/C46H51F2N7O13.C44H47F2N7O12/c47-30-22-28(23-31(48)26-30)27-51-44(61)46(63)8-11-54(45(46)62)32-4-5-34-29(24-32)25-36(52-34)40(57)50-10-13-65-15-17-67-19-21-68-20-18-66-16-14-64-12-9-49-35-3-1-2-33-39(35)43(60)55(42(33)59)37-6-7-38(56)53-41(37)58;45-28-19-26(20-29(46)23-28)25-49-42(59)44(61)7-10-52(43(44)60)31-2-4-34-27(21-31)22-35(50-34)38(55)48-9-12-63-14-16-65-18-17-64-15-13-62-11-8-47-30-1-3-32-33(24-30)41(58)53(40(32)57)36-5-6-37(54)51-39(36)56/h1-5,22-26,37,49,52,63H,6-21,27H2,(H,50,57)(H,51,61)(H,53,56,58);1-4,19-24,36,47,50,61H,5-18,25H2,(H,48,55)(H,49,59)(H,51,54,56). The van der Waals surface area contributed by atoms with Crippen LogP contribution >= 0.6 is 0 Å². The van der Waals surface area contributed by atoms with Crippen molar-refractivity contribution in [3.63, 3.8) is 0 Å². The van der Waals surface area contributed by atoms with Gasteiger partial charge in [0.05, 0.1) is 141 Å². The Bertz CT molecular complexity index is 5660. The highest BCUT2D eigenvalue weighted by Crippen LogP contribution is 2.37. The zero-order valence-electron chi connectivity index (χ0n) is 71.9. The Hall–Kier alpha value is -13.3. The molecule has 0 aliphatic carbocycles. The van der Waals surface area contributed by atoms with E-state index in [-0.39, 0.29) is 148 Å². The van der Waals surface area contributed by atoms with E-state index in [1.807, 2.05) is 0 Å². The van der Waals surface area contributed by atoms with E-state index in [1.165, 1.54) is 21.9 Å². The molecule has 4 atom stereocenters. The smallest absolute Gasteiger partial charge is 0.268 e. The summed E-state index contributed by atoms with van der Waals surface area (Å²) in [4.78, 5) is 188. The lowest BCUT2D eigenvalue weighted by Gasteiger charge is -2.27. The first-order valence-corrected chi connectivity index (χ1v) is 42.9. The Labute approximate surface area is 756 Å². The minimum atomic E-state index is -2.37. The Morgan fingerprint density at radius 3 is 1.20 bits per heavy atom. The lowest BCUT2D eigenvalue weighted by molar-refractivity contribution is -0.150. The zero-order valence-corrected chi connectivity index (χ0v) is 71.9. The van der Waals surface area contributed by atoms with Crippen molar-refractivity contribution in [3.05, 3.63) is 189 Å². The molecule has 39 nitrogen and oxygen atoms in total. The number of amides is 14. The number of anilines is 4. The van der Waals surface area contributed by atoms with E-state index in [0.29, 0.717) is 175 Å². The van der Waals surface area contributed by atoms with Gasteiger partial charge in [0.25, 0.3) is 59.1 Å². The Morgan fingerprint density at radius 1 is 0.398 bits per heavy atom. The first-order chi connectivity index (χ1) is 64.1. The maximum Gasteiger partial charge on any atom is 0.268 e. The summed E-state index contributed by atoms with van der Waals surface area (Å²) >= 11 is 0. The van der Waals surface area contributed by atoms with Crippen molar-refractivity contribution in [2.24, 2.45) is 0 Å². The molecule has 0 spiro atoms. The second-order valence-corrected chi connectivity index (χ2v) is 31.2. The van der Waals surface area contributed by atoms with Gasteiger partial charge in [0.1, 0.15) is 46.7 Å². The lowest BCUT2D eigenvalue weighted by Crippen LogP contribution is -2.54. The largest absolute Gasteiger partial charge is 0.383 e. The summed E-state index contributed by atoms with van der Waals surface area (Å²) in [6.07, 6.45) is -0.144. The molecule has 4 fully saturated rings. The van der Waals surface area contributed by atoms with Crippen LogP contribution < -0.4 is 52.3 Å². The van der Waals surface area contributed by atoms with Crippen LogP contribution in [0.5, 0.6) is 0 Å². The third-order valence-electron chi connectivity index (χ3n) is 22.1. The van der Waals surface area contributed by atoms with E-state index in [2.05, 4.69) is 52.5 Å². The molecule has 4 unspecified atom stereocenters. The fourth-order valence-corrected chi connectivity index (χ4v) is 15.4. The molecule has 43 heteroatoms. The van der Waals surface area contributed by atoms with E-state index in [0.717, 1.165) is 34.1 Å². The van der Waals surface area contributed by atoms with Gasteiger partial charge in [0, 0.05) is 135 Å². The van der Waals surface area contributed by atoms with Gasteiger partial charge in [-0.2, -0.15) is 0 Å². The molecule has 6 aromatic carbocycles. The van der Waals surface area contributed by atoms with Crippen LogP contribution in [0.4, 0.5) is 40.3 Å². The summed E-state index contributed by atoms with van der Waals surface area (Å²) in [5.41, 5.74) is -0.0587. The van der Waals surface area contributed by atoms with Crippen molar-refractivity contribution in [1.29, 1.82) is 0 Å². The molecule has 133 heavy (non-hydrogen) atoms. The van der Waals surface area contributed by atoms with Gasteiger partial charge < -0.3 is 105 Å². The van der Waals surface area contributed by atoms with Crippen LogP contribution in [0.2, 0.25) is 0 Å². The quantitative estimate of drug-likeness (QED) is 0.0113. The maximum atomic E-state index is 13.5. The third kappa shape index (κ3) is 24.5. The van der Waals surface area contributed by atoms with Gasteiger partial charge in [0.2, 0.25) is 34.8 Å². The van der Waals surface area contributed by atoms with Crippen LogP contribution in [0.15, 0.2) is 121 Å². The van der Waals surface area contributed by atoms with Crippen LogP contribution in [-0.2, 0) is 94.1 Å². The molecule has 8 aromatic rings. The second-order valence-electron chi connectivity index (χ2n) is 31.2. The number of halogens is 4. The van der Waals surface area contributed by atoms with Crippen molar-refractivity contribution in [1.82, 2.24) is 51.7 Å². The first kappa shape index (κ1) is 97.2. The molecule has 6 aliphatic rings. The van der Waals surface area contributed by atoms with Gasteiger partial charge in [-0.1, -0.05) is 6.07 Å². The van der Waals surface area contributed by atoms with Gasteiger partial charge >= 0.3 is 0 Å². The monoisotopic (exact) mass is 1850 g/mol. The Balaban J connectivity index is 0.000000226. The van der Waals surface area contributed by atoms with Crippen LogP contribution in [0.25, 0.3) is 21.8 Å². The topological polar surface area (TPSA) is 503 Å². The minimum absolute atomic E-state index is 0.0348. The number of hydrogen-bond donors (Lipinski definition) is 12. The van der Waals surface area contributed by atoms with Gasteiger partial charge in [-0.15, -0.1) is 0 Å². The number of carbonyl (C=O) groups excluding carboxylic acids is 14. The number of ether oxygens (including phenoxy) is 9. The maximum absolute atomic E-state index is 13.5. The average molecular weight is 1850 g/mol. The number of carbonyl (C=O) groups is 14. The number of nitrogens with one attached hydrogen (secondary N) is 10. The lowest BCUT2D eigenvalue weighted by atomic mass is 10.0. The molecule has 4 saturated heterocycles. The SMILES string of the molecule is O=C1CCC(N2C(=O)c3ccc(NCCOCCOCCOCCOCCNC(=O)c4cc5cc(N6CCC(O)(C(=O)NCc7cc(F)cc(F)c7)C6=O)ccc5[nH]4)cc3C2=O)C(=O)N1.O=C1CCC(N2C(=O)c3cccc(NCCOCCOCCOCCOCCOCCNC(=O)c4cc5cc(N6CCC(O)(C(=O)NCc7cc(F)cc(F)c7)C6=O)ccc5[nH]4)c3C2=O)C(=O)N1. The normalized spacial score (nSPS) is 18.2. The number of fused-ring (bicyclic) bond motifs is 4. The molecule has 0 saturated carbocycles. The number of piperidine rings is 2. The van der Waals surface area contributed by atoms with Crippen molar-refractivity contribution in [2.45, 2.75) is 74.9 Å². The third-order valence-corrected chi connectivity index (χ3v) is 22.1. The highest BCUT2D eigenvalue weighted by atomic mass is 19.1. The first-order valence-electron chi connectivity index (χ1n) is 42.9. The van der Waals surface area contributed by atoms with Gasteiger partial charge in [-0.25, -0.2) is 17.6 Å². The molecule has 0 bridgehead atoms. The number of imide groups is 4. The summed E-state index contributed by atoms with van der Waals surface area (Å²) in [5, 5.41) is 44.1. The van der Waals surface area contributed by atoms with E-state index in [4.69, 9.17) is 42.6 Å². The molecule has 6 aliphatic heterocycles. The number of aromatic amines is 2. The molecule has 706 valence electrons. The van der Waals surface area contributed by atoms with Crippen LogP contribution in [0, 0.1) is 23.3 Å². The van der Waals surface area contributed by atoms with Gasteiger partial charge in [-0.05, 0) is 127 Å². The van der Waals surface area contributed by atoms with Crippen LogP contribution in [0.3, 0.4) is 0 Å². The summed E-state index contributed by atoms with van der Waals surface area (Å²) in [7, 11) is 0. The summed E-state index contributed by atoms with van der Waals surface area (Å²) in [6.45, 7) is 6.54. The van der Waals surface area contributed by atoms with Crippen molar-refractivity contribution >= 4 is 127 Å². The van der Waals surface area contributed by atoms with Crippen LogP contribution in [-0.4, -0.2) is 294 Å². The summed E-state index contributed by atoms with van der Waals surface area (Å²) in [5.74, 6) is -12.2. The Kier molecular flexibility index (Phi) is 33.4. The number of aromatic nitrogens is 2. The summed E-state index contributed by atoms with van der Waals surface area (Å²) < 4.78 is 104.